The van der Waals surface area contributed by atoms with E-state index in [0.29, 0.717) is 6.61 Å². The number of nitro benzene ring substituents is 1. The average Bonchev–Trinajstić information content (AvgIpc) is 2.77. The van der Waals surface area contributed by atoms with Crippen LogP contribution in [0.5, 0.6) is 5.75 Å². The number of thiophene rings is 1. The zero-order valence-electron chi connectivity index (χ0n) is 12.5. The molecule has 22 heavy (non-hydrogen) atoms. The third kappa shape index (κ3) is 3.43. The highest BCUT2D eigenvalue weighted by atomic mass is 32.1. The van der Waals surface area contributed by atoms with Gasteiger partial charge in [0.1, 0.15) is 0 Å². The molecule has 0 radical (unpaired) electrons. The van der Waals surface area contributed by atoms with E-state index < -0.39 is 4.92 Å². The molecule has 0 saturated heterocycles. The number of nitrogens with zero attached hydrogens (tertiary/aromatic N) is 1. The third-order valence-corrected chi connectivity index (χ3v) is 4.19. The van der Waals surface area contributed by atoms with Gasteiger partial charge in [-0.2, -0.15) is 0 Å². The Hall–Kier alpha value is -2.41. The zero-order chi connectivity index (χ0) is 16.3. The lowest BCUT2D eigenvalue weighted by atomic mass is 10.1. The summed E-state index contributed by atoms with van der Waals surface area (Å²) in [5, 5.41) is 14.5. The maximum absolute atomic E-state index is 12.2. The highest BCUT2D eigenvalue weighted by molar-refractivity contribution is 7.16. The Kier molecular flexibility index (Phi) is 4.77. The van der Waals surface area contributed by atoms with E-state index in [-0.39, 0.29) is 22.9 Å². The lowest BCUT2D eigenvalue weighted by Crippen LogP contribution is -2.11. The van der Waals surface area contributed by atoms with Crippen molar-refractivity contribution < 1.29 is 14.5 Å². The summed E-state index contributed by atoms with van der Waals surface area (Å²) >= 11 is 1.47. The Bertz CT molecular complexity index is 705. The summed E-state index contributed by atoms with van der Waals surface area (Å²) in [5.41, 5.74) is 1.10. The molecule has 0 atom stereocenters. The van der Waals surface area contributed by atoms with Gasteiger partial charge in [-0.25, -0.2) is 0 Å². The summed E-state index contributed by atoms with van der Waals surface area (Å²) in [6.07, 6.45) is 0. The Morgan fingerprint density at radius 3 is 2.64 bits per heavy atom. The lowest BCUT2D eigenvalue weighted by Gasteiger charge is -2.06. The van der Waals surface area contributed by atoms with Gasteiger partial charge in [-0.05, 0) is 44.5 Å². The van der Waals surface area contributed by atoms with Gasteiger partial charge in [0.25, 0.3) is 5.91 Å². The van der Waals surface area contributed by atoms with Crippen LogP contribution < -0.4 is 10.1 Å². The van der Waals surface area contributed by atoms with Crippen LogP contribution in [0, 0.1) is 24.0 Å². The van der Waals surface area contributed by atoms with Gasteiger partial charge in [-0.1, -0.05) is 0 Å². The standard InChI is InChI=1S/C15H16N2O4S/c1-4-21-13-6-5-11(8-12(13)17(19)20)15(18)16-14-7-9(2)10(3)22-14/h5-8H,4H2,1-3H3,(H,16,18). The number of rotatable bonds is 5. The second kappa shape index (κ2) is 6.57. The number of hydrogen-bond acceptors (Lipinski definition) is 5. The van der Waals surface area contributed by atoms with Crippen LogP contribution in [-0.4, -0.2) is 17.4 Å². The number of ether oxygens (including phenoxy) is 1. The highest BCUT2D eigenvalue weighted by Crippen LogP contribution is 2.29. The minimum Gasteiger partial charge on any atom is -0.487 e. The van der Waals surface area contributed by atoms with E-state index in [4.69, 9.17) is 4.74 Å². The van der Waals surface area contributed by atoms with Crippen LogP contribution in [0.3, 0.4) is 0 Å². The van der Waals surface area contributed by atoms with Crippen molar-refractivity contribution in [2.75, 3.05) is 11.9 Å². The van der Waals surface area contributed by atoms with Gasteiger partial charge in [0.2, 0.25) is 0 Å². The molecule has 7 heteroatoms. The van der Waals surface area contributed by atoms with Crippen molar-refractivity contribution in [2.45, 2.75) is 20.8 Å². The summed E-state index contributed by atoms with van der Waals surface area (Å²) < 4.78 is 5.20. The molecule has 1 amide bonds. The number of carbonyl (C=O) groups is 1. The van der Waals surface area contributed by atoms with E-state index in [1.807, 2.05) is 19.9 Å². The van der Waals surface area contributed by atoms with Gasteiger partial charge < -0.3 is 10.1 Å². The molecule has 1 heterocycles. The molecule has 0 saturated carbocycles. The predicted molar refractivity (Wildman–Crippen MR) is 86.0 cm³/mol. The monoisotopic (exact) mass is 320 g/mol. The van der Waals surface area contributed by atoms with Crippen molar-refractivity contribution in [3.63, 3.8) is 0 Å². The SMILES string of the molecule is CCOc1ccc(C(=O)Nc2cc(C)c(C)s2)cc1[N+](=O)[O-]. The van der Waals surface area contributed by atoms with Crippen LogP contribution in [0.2, 0.25) is 0 Å². The molecule has 0 aliphatic rings. The molecule has 0 fully saturated rings. The fourth-order valence-electron chi connectivity index (χ4n) is 1.90. The van der Waals surface area contributed by atoms with Crippen LogP contribution in [-0.2, 0) is 0 Å². The zero-order valence-corrected chi connectivity index (χ0v) is 13.3. The normalized spacial score (nSPS) is 10.3. The lowest BCUT2D eigenvalue weighted by molar-refractivity contribution is -0.385. The molecule has 2 rings (SSSR count). The molecular formula is C15H16N2O4S. The number of anilines is 1. The predicted octanol–water partition coefficient (Wildman–Crippen LogP) is 3.92. The number of aryl methyl sites for hydroxylation is 2. The molecule has 116 valence electrons. The Labute approximate surface area is 131 Å². The Morgan fingerprint density at radius 1 is 1.36 bits per heavy atom. The van der Waals surface area contributed by atoms with Crippen LogP contribution >= 0.6 is 11.3 Å². The van der Waals surface area contributed by atoms with Crippen molar-refractivity contribution in [2.24, 2.45) is 0 Å². The molecule has 1 N–H and O–H groups in total. The molecule has 0 aliphatic carbocycles. The van der Waals surface area contributed by atoms with Crippen molar-refractivity contribution in [1.82, 2.24) is 0 Å². The molecule has 2 aromatic rings. The summed E-state index contributed by atoms with van der Waals surface area (Å²) in [5.74, 6) is -0.223. The number of nitrogens with one attached hydrogen (secondary N) is 1. The van der Waals surface area contributed by atoms with Crippen molar-refractivity contribution in [1.29, 1.82) is 0 Å². The average molecular weight is 320 g/mol. The topological polar surface area (TPSA) is 81.5 Å². The molecule has 6 nitrogen and oxygen atoms in total. The highest BCUT2D eigenvalue weighted by Gasteiger charge is 2.19. The number of carbonyl (C=O) groups excluding carboxylic acids is 1. The summed E-state index contributed by atoms with van der Waals surface area (Å²) in [4.78, 5) is 23.8. The fraction of sp³-hybridized carbons (Fsp3) is 0.267. The second-order valence-corrected chi connectivity index (χ2v) is 5.93. The number of nitro groups is 1. The van der Waals surface area contributed by atoms with E-state index in [1.165, 1.54) is 29.5 Å². The van der Waals surface area contributed by atoms with Crippen molar-refractivity contribution in [3.8, 4) is 5.75 Å². The van der Waals surface area contributed by atoms with E-state index in [0.717, 1.165) is 15.4 Å². The summed E-state index contributed by atoms with van der Waals surface area (Å²) in [7, 11) is 0. The molecule has 1 aromatic heterocycles. The van der Waals surface area contributed by atoms with Crippen LogP contribution in [0.4, 0.5) is 10.7 Å². The van der Waals surface area contributed by atoms with Crippen LogP contribution in [0.1, 0.15) is 27.7 Å². The number of amides is 1. The van der Waals surface area contributed by atoms with Gasteiger partial charge in [-0.3, -0.25) is 14.9 Å². The minimum atomic E-state index is -0.554. The van der Waals surface area contributed by atoms with E-state index in [2.05, 4.69) is 5.32 Å². The quantitative estimate of drug-likeness (QED) is 0.668. The first kappa shape index (κ1) is 16.0. The van der Waals surface area contributed by atoms with Crippen LogP contribution in [0.15, 0.2) is 24.3 Å². The van der Waals surface area contributed by atoms with Gasteiger partial charge in [0.15, 0.2) is 5.75 Å². The van der Waals surface area contributed by atoms with E-state index >= 15 is 0 Å². The summed E-state index contributed by atoms with van der Waals surface area (Å²) in [6.45, 7) is 5.99. The largest absolute Gasteiger partial charge is 0.487 e. The molecule has 0 aliphatic heterocycles. The Balaban J connectivity index is 2.26. The molecular weight excluding hydrogens is 304 g/mol. The van der Waals surface area contributed by atoms with E-state index in [9.17, 15) is 14.9 Å². The smallest absolute Gasteiger partial charge is 0.311 e. The first-order valence-electron chi connectivity index (χ1n) is 6.72. The van der Waals surface area contributed by atoms with Crippen molar-refractivity contribution in [3.05, 3.63) is 50.4 Å². The Morgan fingerprint density at radius 2 is 2.09 bits per heavy atom. The number of hydrogen-bond donors (Lipinski definition) is 1. The third-order valence-electron chi connectivity index (χ3n) is 3.12. The first-order chi connectivity index (χ1) is 10.4. The van der Waals surface area contributed by atoms with Gasteiger partial charge in [-0.15, -0.1) is 11.3 Å². The maximum Gasteiger partial charge on any atom is 0.311 e. The van der Waals surface area contributed by atoms with Crippen molar-refractivity contribution >= 4 is 27.9 Å². The molecule has 0 unspecified atom stereocenters. The molecule has 0 spiro atoms. The van der Waals surface area contributed by atoms with Gasteiger partial charge in [0.05, 0.1) is 16.5 Å². The maximum atomic E-state index is 12.2. The van der Waals surface area contributed by atoms with Gasteiger partial charge >= 0.3 is 5.69 Å². The minimum absolute atomic E-state index is 0.159. The van der Waals surface area contributed by atoms with Gasteiger partial charge in [0, 0.05) is 16.5 Å². The van der Waals surface area contributed by atoms with E-state index in [1.54, 1.807) is 6.92 Å². The second-order valence-electron chi connectivity index (χ2n) is 4.68. The fourth-order valence-corrected chi connectivity index (χ4v) is 2.83. The molecule has 1 aromatic carbocycles. The first-order valence-corrected chi connectivity index (χ1v) is 7.53. The summed E-state index contributed by atoms with van der Waals surface area (Å²) in [6, 6.07) is 6.07. The molecule has 0 bridgehead atoms. The van der Waals surface area contributed by atoms with Crippen LogP contribution in [0.25, 0.3) is 0 Å². The number of benzene rings is 1.